The largest absolute Gasteiger partial charge is 0.457 e. The number of hydrogen-bond donors (Lipinski definition) is 2. The van der Waals surface area contributed by atoms with Crippen LogP contribution in [0.3, 0.4) is 0 Å². The normalized spacial score (nSPS) is 24.5. The zero-order valence-corrected chi connectivity index (χ0v) is 16.1. The van der Waals surface area contributed by atoms with E-state index < -0.39 is 11.9 Å². The predicted octanol–water partition coefficient (Wildman–Crippen LogP) is 2.07. The first-order chi connectivity index (χ1) is 13.9. The average molecular weight is 393 g/mol. The summed E-state index contributed by atoms with van der Waals surface area (Å²) in [6, 6.07) is 15.4. The summed E-state index contributed by atoms with van der Waals surface area (Å²) < 4.78 is 5.74. The quantitative estimate of drug-likeness (QED) is 0.784. The van der Waals surface area contributed by atoms with E-state index in [1.165, 1.54) is 0 Å². The summed E-state index contributed by atoms with van der Waals surface area (Å²) in [6.07, 6.45) is 1.46. The van der Waals surface area contributed by atoms with Gasteiger partial charge in [-0.2, -0.15) is 0 Å². The Bertz CT molecular complexity index is 962. The Kier molecular flexibility index (Phi) is 4.74. The van der Waals surface area contributed by atoms with Crippen LogP contribution in [0, 0.1) is 5.41 Å². The number of amides is 3. The maximum atomic E-state index is 12.7. The Morgan fingerprint density at radius 1 is 1.10 bits per heavy atom. The van der Waals surface area contributed by atoms with Gasteiger partial charge in [-0.15, -0.1) is 0 Å². The maximum Gasteiger partial charge on any atom is 0.251 e. The summed E-state index contributed by atoms with van der Waals surface area (Å²) >= 11 is 0. The molecule has 4 rings (SSSR count). The van der Waals surface area contributed by atoms with Crippen molar-refractivity contribution in [3.63, 3.8) is 0 Å². The molecule has 7 nitrogen and oxygen atoms in total. The topological polar surface area (TPSA) is 102 Å². The van der Waals surface area contributed by atoms with Crippen LogP contribution >= 0.6 is 0 Å². The van der Waals surface area contributed by atoms with Crippen LogP contribution in [0.2, 0.25) is 0 Å². The van der Waals surface area contributed by atoms with Gasteiger partial charge >= 0.3 is 0 Å². The minimum Gasteiger partial charge on any atom is -0.457 e. The zero-order chi connectivity index (χ0) is 20.6. The van der Waals surface area contributed by atoms with Gasteiger partial charge in [0.05, 0.1) is 6.54 Å². The third-order valence-corrected chi connectivity index (χ3v) is 5.73. The molecule has 1 aliphatic carbocycles. The highest BCUT2D eigenvalue weighted by atomic mass is 16.5. The molecule has 3 unspecified atom stereocenters. The Hall–Kier alpha value is -3.35. The minimum atomic E-state index is -0.592. The van der Waals surface area contributed by atoms with Gasteiger partial charge in [0.2, 0.25) is 11.8 Å². The number of likely N-dealkylation sites (tertiary alicyclic amines) is 1. The number of nitrogens with two attached hydrogens (primary N) is 1. The van der Waals surface area contributed by atoms with Crippen LogP contribution in [0.1, 0.15) is 30.1 Å². The first-order valence-electron chi connectivity index (χ1n) is 9.59. The standard InChI is InChI=1S/C22H23N3O4/c1-22-11-17(20(23)27)25(18(22)12-22)19(26)13-24-21(28)14-6-5-9-16(10-14)29-15-7-3-2-4-8-15/h2-10,17-18H,11-13H2,1H3,(H2,23,27)(H,24,28). The Balaban J connectivity index is 1.38. The van der Waals surface area contributed by atoms with E-state index in [9.17, 15) is 14.4 Å². The lowest BCUT2D eigenvalue weighted by atomic mass is 10.0. The summed E-state index contributed by atoms with van der Waals surface area (Å²) in [5.74, 6) is 0.0238. The second-order valence-electron chi connectivity index (χ2n) is 7.92. The summed E-state index contributed by atoms with van der Waals surface area (Å²) in [4.78, 5) is 38.4. The third-order valence-electron chi connectivity index (χ3n) is 5.73. The minimum absolute atomic E-state index is 0.0253. The van der Waals surface area contributed by atoms with Crippen LogP contribution in [-0.2, 0) is 9.59 Å². The van der Waals surface area contributed by atoms with Crippen molar-refractivity contribution in [2.75, 3.05) is 6.54 Å². The molecule has 0 aromatic heterocycles. The van der Waals surface area contributed by atoms with Crippen molar-refractivity contribution in [2.24, 2.45) is 11.1 Å². The van der Waals surface area contributed by atoms with Crippen LogP contribution in [0.4, 0.5) is 0 Å². The smallest absolute Gasteiger partial charge is 0.251 e. The molecule has 0 spiro atoms. The molecular formula is C22H23N3O4. The zero-order valence-electron chi connectivity index (χ0n) is 16.1. The molecular weight excluding hydrogens is 370 g/mol. The number of para-hydroxylation sites is 1. The van der Waals surface area contributed by atoms with Gasteiger partial charge in [0.1, 0.15) is 17.5 Å². The molecule has 1 saturated heterocycles. The van der Waals surface area contributed by atoms with Gasteiger partial charge in [0.15, 0.2) is 0 Å². The Morgan fingerprint density at radius 2 is 1.83 bits per heavy atom. The summed E-state index contributed by atoms with van der Waals surface area (Å²) in [7, 11) is 0. The van der Waals surface area contributed by atoms with Crippen molar-refractivity contribution in [1.29, 1.82) is 0 Å². The molecule has 1 saturated carbocycles. The van der Waals surface area contributed by atoms with E-state index in [-0.39, 0.29) is 29.8 Å². The first kappa shape index (κ1) is 19.0. The molecule has 1 aliphatic heterocycles. The van der Waals surface area contributed by atoms with Crippen LogP contribution < -0.4 is 15.8 Å². The van der Waals surface area contributed by atoms with Crippen molar-refractivity contribution < 1.29 is 19.1 Å². The number of ether oxygens (including phenoxy) is 1. The molecule has 0 radical (unpaired) electrons. The molecule has 1 heterocycles. The van der Waals surface area contributed by atoms with Crippen LogP contribution in [0.15, 0.2) is 54.6 Å². The molecule has 7 heteroatoms. The number of primary amides is 1. The van der Waals surface area contributed by atoms with E-state index in [1.54, 1.807) is 29.2 Å². The fourth-order valence-electron chi connectivity index (χ4n) is 4.05. The number of nitrogens with one attached hydrogen (secondary N) is 1. The molecule has 3 N–H and O–H groups in total. The number of carbonyl (C=O) groups is 3. The molecule has 3 amide bonds. The summed E-state index contributed by atoms with van der Waals surface area (Å²) in [5.41, 5.74) is 5.82. The van der Waals surface area contributed by atoms with Crippen molar-refractivity contribution in [1.82, 2.24) is 10.2 Å². The average Bonchev–Trinajstić information content (AvgIpc) is 3.27. The van der Waals surface area contributed by atoms with Gasteiger partial charge in [0, 0.05) is 11.6 Å². The van der Waals surface area contributed by atoms with E-state index in [0.29, 0.717) is 23.5 Å². The molecule has 2 aliphatic rings. The van der Waals surface area contributed by atoms with Crippen LogP contribution in [0.5, 0.6) is 11.5 Å². The lowest BCUT2D eigenvalue weighted by Crippen LogP contribution is -2.49. The lowest BCUT2D eigenvalue weighted by Gasteiger charge is -2.25. The third kappa shape index (κ3) is 3.81. The second-order valence-corrected chi connectivity index (χ2v) is 7.92. The summed E-state index contributed by atoms with van der Waals surface area (Å²) in [5, 5.41) is 2.64. The molecule has 29 heavy (non-hydrogen) atoms. The molecule has 2 aromatic rings. The molecule has 3 atom stereocenters. The van der Waals surface area contributed by atoms with E-state index >= 15 is 0 Å². The number of rotatable bonds is 6. The Labute approximate surface area is 168 Å². The fraction of sp³-hybridized carbons (Fsp3) is 0.318. The van der Waals surface area contributed by atoms with Crippen molar-refractivity contribution >= 4 is 17.7 Å². The van der Waals surface area contributed by atoms with E-state index in [2.05, 4.69) is 12.2 Å². The van der Waals surface area contributed by atoms with E-state index in [0.717, 1.165) is 6.42 Å². The highest BCUT2D eigenvalue weighted by Gasteiger charge is 2.63. The number of nitrogens with zero attached hydrogens (tertiary/aromatic N) is 1. The first-order valence-corrected chi connectivity index (χ1v) is 9.59. The fourth-order valence-corrected chi connectivity index (χ4v) is 4.05. The maximum absolute atomic E-state index is 12.7. The molecule has 0 bridgehead atoms. The van der Waals surface area contributed by atoms with Gasteiger partial charge in [-0.3, -0.25) is 14.4 Å². The second kappa shape index (κ2) is 7.24. The van der Waals surface area contributed by atoms with Crippen molar-refractivity contribution in [3.8, 4) is 11.5 Å². The highest BCUT2D eigenvalue weighted by molar-refractivity contribution is 5.97. The van der Waals surface area contributed by atoms with Gasteiger partial charge in [-0.1, -0.05) is 31.2 Å². The number of hydrogen-bond acceptors (Lipinski definition) is 4. The van der Waals surface area contributed by atoms with Crippen molar-refractivity contribution in [2.45, 2.75) is 31.8 Å². The van der Waals surface area contributed by atoms with Crippen molar-refractivity contribution in [3.05, 3.63) is 60.2 Å². The van der Waals surface area contributed by atoms with E-state index in [1.807, 2.05) is 30.3 Å². The Morgan fingerprint density at radius 3 is 2.55 bits per heavy atom. The number of benzene rings is 2. The van der Waals surface area contributed by atoms with Gasteiger partial charge in [-0.05, 0) is 48.6 Å². The van der Waals surface area contributed by atoms with E-state index in [4.69, 9.17) is 10.5 Å². The SMILES string of the molecule is CC12CC(C(N)=O)N(C(=O)CNC(=O)c3cccc(Oc4ccccc4)c3)C1C2. The monoisotopic (exact) mass is 393 g/mol. The van der Waals surface area contributed by atoms with Gasteiger partial charge < -0.3 is 20.7 Å². The predicted molar refractivity (Wildman–Crippen MR) is 106 cm³/mol. The van der Waals surface area contributed by atoms with Crippen LogP contribution in [0.25, 0.3) is 0 Å². The molecule has 2 fully saturated rings. The highest BCUT2D eigenvalue weighted by Crippen LogP contribution is 2.58. The molecule has 150 valence electrons. The number of fused-ring (bicyclic) bond motifs is 1. The lowest BCUT2D eigenvalue weighted by molar-refractivity contribution is -0.137. The van der Waals surface area contributed by atoms with Crippen LogP contribution in [-0.4, -0.2) is 41.2 Å². The number of carbonyl (C=O) groups excluding carboxylic acids is 3. The summed E-state index contributed by atoms with van der Waals surface area (Å²) in [6.45, 7) is 1.87. The molecule has 2 aromatic carbocycles. The van der Waals surface area contributed by atoms with Gasteiger partial charge in [-0.25, -0.2) is 0 Å². The van der Waals surface area contributed by atoms with Gasteiger partial charge in [0.25, 0.3) is 5.91 Å². The number of piperidine rings is 1.